The molecule has 0 saturated heterocycles. The highest BCUT2D eigenvalue weighted by Gasteiger charge is 2.13. The molecule has 0 aliphatic heterocycles. The predicted molar refractivity (Wildman–Crippen MR) is 59.8 cm³/mol. The van der Waals surface area contributed by atoms with E-state index in [0.29, 0.717) is 23.8 Å². The Morgan fingerprint density at radius 1 is 1.47 bits per heavy atom. The van der Waals surface area contributed by atoms with E-state index in [-0.39, 0.29) is 5.82 Å². The molecule has 0 aliphatic carbocycles. The van der Waals surface area contributed by atoms with E-state index in [1.165, 1.54) is 6.07 Å². The Morgan fingerprint density at radius 2 is 2.13 bits per heavy atom. The van der Waals surface area contributed by atoms with Crippen LogP contribution in [0.4, 0.5) is 4.39 Å². The van der Waals surface area contributed by atoms with Crippen LogP contribution in [0, 0.1) is 12.7 Å². The molecule has 1 unspecified atom stereocenters. The number of nitrogens with two attached hydrogens (primary N) is 1. The van der Waals surface area contributed by atoms with Gasteiger partial charge in [0.05, 0.1) is 7.11 Å². The molecule has 2 nitrogen and oxygen atoms in total. The fourth-order valence-electron chi connectivity index (χ4n) is 1.65. The highest BCUT2D eigenvalue weighted by Crippen LogP contribution is 2.30. The van der Waals surface area contributed by atoms with Crippen molar-refractivity contribution in [1.82, 2.24) is 0 Å². The minimum Gasteiger partial charge on any atom is -0.496 e. The van der Waals surface area contributed by atoms with Crippen molar-refractivity contribution in [2.75, 3.05) is 13.7 Å². The summed E-state index contributed by atoms with van der Waals surface area (Å²) in [6, 6.07) is 3.28. The van der Waals surface area contributed by atoms with Gasteiger partial charge in [-0.1, -0.05) is 6.92 Å². The fourth-order valence-corrected chi connectivity index (χ4v) is 1.65. The van der Waals surface area contributed by atoms with Gasteiger partial charge in [0.1, 0.15) is 11.6 Å². The summed E-state index contributed by atoms with van der Waals surface area (Å²) in [6.45, 7) is 4.45. The van der Waals surface area contributed by atoms with Crippen molar-refractivity contribution in [3.63, 3.8) is 0 Å². The number of rotatable bonds is 4. The minimum absolute atomic E-state index is 0.226. The topological polar surface area (TPSA) is 35.2 Å². The molecule has 0 spiro atoms. The first kappa shape index (κ1) is 12.0. The smallest absolute Gasteiger partial charge is 0.129 e. The highest BCUT2D eigenvalue weighted by atomic mass is 19.1. The van der Waals surface area contributed by atoms with Gasteiger partial charge in [0.25, 0.3) is 0 Å². The van der Waals surface area contributed by atoms with Gasteiger partial charge in [-0.15, -0.1) is 0 Å². The molecule has 1 aromatic carbocycles. The molecular weight excluding hydrogens is 193 g/mol. The summed E-state index contributed by atoms with van der Waals surface area (Å²) in [6.07, 6.45) is 0.876. The van der Waals surface area contributed by atoms with Gasteiger partial charge in [-0.2, -0.15) is 0 Å². The molecule has 0 fully saturated rings. The number of ether oxygens (including phenoxy) is 1. The second-order valence-corrected chi connectivity index (χ2v) is 3.82. The molecule has 3 heteroatoms. The Morgan fingerprint density at radius 3 is 2.67 bits per heavy atom. The molecule has 15 heavy (non-hydrogen) atoms. The van der Waals surface area contributed by atoms with Gasteiger partial charge in [0.2, 0.25) is 0 Å². The molecule has 0 radical (unpaired) electrons. The monoisotopic (exact) mass is 211 g/mol. The summed E-state index contributed by atoms with van der Waals surface area (Å²) in [5.41, 5.74) is 7.19. The predicted octanol–water partition coefficient (Wildman–Crippen LogP) is 2.60. The van der Waals surface area contributed by atoms with Crippen LogP contribution in [0.3, 0.4) is 0 Å². The lowest BCUT2D eigenvalue weighted by Gasteiger charge is -2.16. The maximum Gasteiger partial charge on any atom is 0.129 e. The van der Waals surface area contributed by atoms with Crippen LogP contribution in [-0.4, -0.2) is 13.7 Å². The molecule has 0 aliphatic rings. The molecule has 1 atom stereocenters. The summed E-state index contributed by atoms with van der Waals surface area (Å²) >= 11 is 0. The summed E-state index contributed by atoms with van der Waals surface area (Å²) in [7, 11) is 1.56. The van der Waals surface area contributed by atoms with Crippen LogP contribution >= 0.6 is 0 Å². The van der Waals surface area contributed by atoms with Crippen molar-refractivity contribution in [2.24, 2.45) is 5.73 Å². The van der Waals surface area contributed by atoms with Crippen molar-refractivity contribution >= 4 is 0 Å². The van der Waals surface area contributed by atoms with E-state index in [1.54, 1.807) is 14.0 Å². The Labute approximate surface area is 90.2 Å². The van der Waals surface area contributed by atoms with Crippen LogP contribution in [0.1, 0.15) is 30.4 Å². The molecule has 84 valence electrons. The Hall–Kier alpha value is -1.09. The zero-order chi connectivity index (χ0) is 11.4. The second-order valence-electron chi connectivity index (χ2n) is 3.82. The Bertz CT molecular complexity index is 339. The standard InChI is InChI=1S/C12H18FNO/c1-8(4-5-14)10-6-9(2)11(13)7-12(10)15-3/h6-8H,4-5,14H2,1-3H3. The van der Waals surface area contributed by atoms with Crippen LogP contribution in [0.15, 0.2) is 12.1 Å². The molecule has 1 rings (SSSR count). The first-order chi connectivity index (χ1) is 7.10. The van der Waals surface area contributed by atoms with Crippen LogP contribution < -0.4 is 10.5 Å². The third-order valence-corrected chi connectivity index (χ3v) is 2.64. The molecule has 0 aromatic heterocycles. The Kier molecular flexibility index (Phi) is 4.09. The van der Waals surface area contributed by atoms with E-state index < -0.39 is 0 Å². The van der Waals surface area contributed by atoms with E-state index >= 15 is 0 Å². The average Bonchev–Trinajstić information content (AvgIpc) is 2.21. The zero-order valence-electron chi connectivity index (χ0n) is 9.51. The van der Waals surface area contributed by atoms with Gasteiger partial charge in [-0.3, -0.25) is 0 Å². The third kappa shape index (κ3) is 2.69. The lowest BCUT2D eigenvalue weighted by atomic mass is 9.95. The molecule has 2 N–H and O–H groups in total. The van der Waals surface area contributed by atoms with Crippen molar-refractivity contribution in [3.8, 4) is 5.75 Å². The van der Waals surface area contributed by atoms with E-state index in [9.17, 15) is 4.39 Å². The van der Waals surface area contributed by atoms with Gasteiger partial charge in [-0.25, -0.2) is 4.39 Å². The minimum atomic E-state index is -0.226. The largest absolute Gasteiger partial charge is 0.496 e. The summed E-state index contributed by atoms with van der Waals surface area (Å²) in [4.78, 5) is 0. The van der Waals surface area contributed by atoms with Crippen LogP contribution in [0.25, 0.3) is 0 Å². The molecule has 0 amide bonds. The highest BCUT2D eigenvalue weighted by molar-refractivity contribution is 5.40. The quantitative estimate of drug-likeness (QED) is 0.830. The van der Waals surface area contributed by atoms with Crippen molar-refractivity contribution in [1.29, 1.82) is 0 Å². The van der Waals surface area contributed by atoms with E-state index in [1.807, 2.05) is 6.07 Å². The number of aryl methyl sites for hydroxylation is 1. The second kappa shape index (κ2) is 5.12. The maximum absolute atomic E-state index is 13.3. The molecule has 1 aromatic rings. The van der Waals surface area contributed by atoms with Crippen LogP contribution in [-0.2, 0) is 0 Å². The van der Waals surface area contributed by atoms with Crippen molar-refractivity contribution in [2.45, 2.75) is 26.2 Å². The number of methoxy groups -OCH3 is 1. The number of benzene rings is 1. The molecule has 0 bridgehead atoms. The lowest BCUT2D eigenvalue weighted by Crippen LogP contribution is -2.06. The summed E-state index contributed by atoms with van der Waals surface area (Å²) < 4.78 is 18.5. The van der Waals surface area contributed by atoms with E-state index in [4.69, 9.17) is 10.5 Å². The summed E-state index contributed by atoms with van der Waals surface area (Å²) in [5, 5.41) is 0. The molecular formula is C12H18FNO. The molecule has 0 saturated carbocycles. The van der Waals surface area contributed by atoms with Gasteiger partial charge >= 0.3 is 0 Å². The third-order valence-electron chi connectivity index (χ3n) is 2.64. The van der Waals surface area contributed by atoms with Crippen molar-refractivity contribution < 1.29 is 9.13 Å². The number of hydrogen-bond acceptors (Lipinski definition) is 2. The maximum atomic E-state index is 13.3. The fraction of sp³-hybridized carbons (Fsp3) is 0.500. The number of halogens is 1. The summed E-state index contributed by atoms with van der Waals surface area (Å²) in [5.74, 6) is 0.679. The van der Waals surface area contributed by atoms with Gasteiger partial charge < -0.3 is 10.5 Å². The van der Waals surface area contributed by atoms with Crippen LogP contribution in [0.5, 0.6) is 5.75 Å². The first-order valence-electron chi connectivity index (χ1n) is 5.14. The van der Waals surface area contributed by atoms with Crippen LogP contribution in [0.2, 0.25) is 0 Å². The normalized spacial score (nSPS) is 12.6. The van der Waals surface area contributed by atoms with E-state index in [2.05, 4.69) is 6.92 Å². The zero-order valence-corrected chi connectivity index (χ0v) is 9.51. The number of hydrogen-bond donors (Lipinski definition) is 1. The Balaban J connectivity index is 3.09. The molecule has 0 heterocycles. The average molecular weight is 211 g/mol. The van der Waals surface area contributed by atoms with Gasteiger partial charge in [-0.05, 0) is 43.0 Å². The lowest BCUT2D eigenvalue weighted by molar-refractivity contribution is 0.401. The van der Waals surface area contributed by atoms with Gasteiger partial charge in [0, 0.05) is 6.07 Å². The van der Waals surface area contributed by atoms with E-state index in [0.717, 1.165) is 12.0 Å². The van der Waals surface area contributed by atoms with Gasteiger partial charge in [0.15, 0.2) is 0 Å². The first-order valence-corrected chi connectivity index (χ1v) is 5.14. The van der Waals surface area contributed by atoms with Crippen molar-refractivity contribution in [3.05, 3.63) is 29.1 Å². The SMILES string of the molecule is COc1cc(F)c(C)cc1C(C)CCN.